The Morgan fingerprint density at radius 3 is 1.74 bits per heavy atom. The molecule has 4 amide bonds. The van der Waals surface area contributed by atoms with Gasteiger partial charge in [-0.25, -0.2) is 4.79 Å². The van der Waals surface area contributed by atoms with E-state index in [-0.39, 0.29) is 25.0 Å². The number of phenols is 1. The van der Waals surface area contributed by atoms with Gasteiger partial charge in [0, 0.05) is 19.3 Å². The molecule has 0 fully saturated rings. The quantitative estimate of drug-likeness (QED) is 0.104. The highest BCUT2D eigenvalue weighted by molar-refractivity contribution is 5.94. The molecule has 0 aliphatic carbocycles. The number of hydrogen-bond acceptors (Lipinski definition) is 9. The third-order valence-corrected chi connectivity index (χ3v) is 5.41. The summed E-state index contributed by atoms with van der Waals surface area (Å²) in [4.78, 5) is 72.2. The molecule has 11 N–H and O–H groups in total. The summed E-state index contributed by atoms with van der Waals surface area (Å²) < 4.78 is 0. The number of nitrogens with one attached hydrogen (secondary N) is 3. The molecule has 0 heterocycles. The van der Waals surface area contributed by atoms with Crippen LogP contribution in [0.15, 0.2) is 24.3 Å². The Hall–Kier alpha value is -4.24. The Labute approximate surface area is 217 Å². The van der Waals surface area contributed by atoms with E-state index in [1.165, 1.54) is 31.2 Å². The van der Waals surface area contributed by atoms with E-state index in [4.69, 9.17) is 16.6 Å². The third kappa shape index (κ3) is 11.2. The SMILES string of the molecule is CC(O)C(N)C(=O)NC(CCC(=O)O)C(=O)NC(CCC(N)=O)C(=O)NC(Cc1ccc(O)cc1)C(=O)O. The summed E-state index contributed by atoms with van der Waals surface area (Å²) in [5.74, 6) is -6.47. The maximum absolute atomic E-state index is 12.9. The van der Waals surface area contributed by atoms with Crippen LogP contribution in [0.4, 0.5) is 0 Å². The normalized spacial score (nSPS) is 14.7. The van der Waals surface area contributed by atoms with Crippen molar-refractivity contribution in [1.82, 2.24) is 16.0 Å². The van der Waals surface area contributed by atoms with Crippen LogP contribution >= 0.6 is 0 Å². The van der Waals surface area contributed by atoms with E-state index in [0.717, 1.165) is 0 Å². The Morgan fingerprint density at radius 2 is 1.29 bits per heavy atom. The van der Waals surface area contributed by atoms with Gasteiger partial charge in [0.2, 0.25) is 23.6 Å². The predicted molar refractivity (Wildman–Crippen MR) is 130 cm³/mol. The van der Waals surface area contributed by atoms with Crippen molar-refractivity contribution in [1.29, 1.82) is 0 Å². The van der Waals surface area contributed by atoms with Crippen LogP contribution in [-0.2, 0) is 35.2 Å². The highest BCUT2D eigenvalue weighted by Crippen LogP contribution is 2.12. The molecule has 5 unspecified atom stereocenters. The molecular formula is C23H33N5O10. The van der Waals surface area contributed by atoms with Gasteiger partial charge >= 0.3 is 11.9 Å². The third-order valence-electron chi connectivity index (χ3n) is 5.41. The topological polar surface area (TPSA) is 271 Å². The first-order chi connectivity index (χ1) is 17.7. The Morgan fingerprint density at radius 1 is 0.816 bits per heavy atom. The number of aliphatic hydroxyl groups excluding tert-OH is 1. The fourth-order valence-corrected chi connectivity index (χ4v) is 3.19. The number of hydrogen-bond donors (Lipinski definition) is 9. The first-order valence-corrected chi connectivity index (χ1v) is 11.6. The molecule has 210 valence electrons. The monoisotopic (exact) mass is 539 g/mol. The van der Waals surface area contributed by atoms with Gasteiger partial charge in [-0.1, -0.05) is 12.1 Å². The molecule has 0 aliphatic heterocycles. The van der Waals surface area contributed by atoms with Crippen molar-refractivity contribution in [3.05, 3.63) is 29.8 Å². The van der Waals surface area contributed by atoms with Gasteiger partial charge in [-0.3, -0.25) is 24.0 Å². The first-order valence-electron chi connectivity index (χ1n) is 11.6. The van der Waals surface area contributed by atoms with Gasteiger partial charge in [0.1, 0.15) is 29.9 Å². The average Bonchev–Trinajstić information content (AvgIpc) is 2.83. The van der Waals surface area contributed by atoms with Gasteiger partial charge in [-0.15, -0.1) is 0 Å². The highest BCUT2D eigenvalue weighted by Gasteiger charge is 2.31. The zero-order chi connectivity index (χ0) is 29.0. The van der Waals surface area contributed by atoms with Crippen molar-refractivity contribution in [2.75, 3.05) is 0 Å². The number of phenolic OH excluding ortho intramolecular Hbond substituents is 1. The molecule has 5 atom stereocenters. The number of aromatic hydroxyl groups is 1. The number of nitrogens with two attached hydrogens (primary N) is 2. The van der Waals surface area contributed by atoms with Crippen molar-refractivity contribution in [3.8, 4) is 5.75 Å². The van der Waals surface area contributed by atoms with E-state index in [2.05, 4.69) is 16.0 Å². The number of carbonyl (C=O) groups excluding carboxylic acids is 4. The lowest BCUT2D eigenvalue weighted by molar-refractivity contribution is -0.142. The van der Waals surface area contributed by atoms with Gasteiger partial charge in [0.05, 0.1) is 6.10 Å². The minimum absolute atomic E-state index is 0.0437. The summed E-state index contributed by atoms with van der Waals surface area (Å²) in [5, 5.41) is 44.2. The minimum Gasteiger partial charge on any atom is -0.508 e. The van der Waals surface area contributed by atoms with E-state index < -0.39 is 78.7 Å². The summed E-state index contributed by atoms with van der Waals surface area (Å²) in [6.07, 6.45) is -3.10. The van der Waals surface area contributed by atoms with Crippen LogP contribution in [0.25, 0.3) is 0 Å². The molecule has 0 bridgehead atoms. The van der Waals surface area contributed by atoms with Crippen LogP contribution in [0.1, 0.15) is 38.2 Å². The van der Waals surface area contributed by atoms with Crippen LogP contribution < -0.4 is 27.4 Å². The van der Waals surface area contributed by atoms with E-state index in [9.17, 15) is 44.1 Å². The van der Waals surface area contributed by atoms with Crippen LogP contribution in [0, 0.1) is 0 Å². The average molecular weight is 540 g/mol. The minimum atomic E-state index is -1.49. The van der Waals surface area contributed by atoms with Crippen LogP contribution in [0.2, 0.25) is 0 Å². The summed E-state index contributed by atoms with van der Waals surface area (Å²) >= 11 is 0. The van der Waals surface area contributed by atoms with Gasteiger partial charge < -0.3 is 47.8 Å². The van der Waals surface area contributed by atoms with Gasteiger partial charge in [-0.2, -0.15) is 0 Å². The van der Waals surface area contributed by atoms with E-state index >= 15 is 0 Å². The smallest absolute Gasteiger partial charge is 0.326 e. The number of aliphatic hydroxyl groups is 1. The fourth-order valence-electron chi connectivity index (χ4n) is 3.19. The van der Waals surface area contributed by atoms with Crippen LogP contribution in [-0.4, -0.2) is 86.3 Å². The second kappa shape index (κ2) is 15.1. The van der Waals surface area contributed by atoms with Crippen molar-refractivity contribution in [2.45, 2.75) is 69.3 Å². The second-order valence-corrected chi connectivity index (χ2v) is 8.60. The van der Waals surface area contributed by atoms with Crippen LogP contribution in [0.5, 0.6) is 5.75 Å². The standard InChI is InChI=1S/C23H33N5O10/c1-11(29)19(25)22(36)27-15(7-9-18(32)33)20(34)26-14(6-8-17(24)31)21(35)28-16(23(37)38)10-12-2-4-13(30)5-3-12/h2-5,11,14-16,19,29-30H,6-10,25H2,1H3,(H2,24,31)(H,26,34)(H,27,36)(H,28,35)(H,32,33)(H,37,38). The Balaban J connectivity index is 3.08. The molecule has 0 aromatic heterocycles. The lowest BCUT2D eigenvalue weighted by Gasteiger charge is -2.25. The summed E-state index contributed by atoms with van der Waals surface area (Å²) in [7, 11) is 0. The summed E-state index contributed by atoms with van der Waals surface area (Å²) in [6.45, 7) is 1.23. The molecule has 15 heteroatoms. The Bertz CT molecular complexity index is 1010. The number of amides is 4. The van der Waals surface area contributed by atoms with E-state index in [1.54, 1.807) is 0 Å². The number of rotatable bonds is 16. The number of primary amides is 1. The van der Waals surface area contributed by atoms with Crippen molar-refractivity contribution in [3.63, 3.8) is 0 Å². The molecule has 0 aliphatic rings. The van der Waals surface area contributed by atoms with Gasteiger partial charge in [0.15, 0.2) is 0 Å². The van der Waals surface area contributed by atoms with E-state index in [0.29, 0.717) is 5.56 Å². The second-order valence-electron chi connectivity index (χ2n) is 8.60. The van der Waals surface area contributed by atoms with Crippen molar-refractivity contribution in [2.24, 2.45) is 11.5 Å². The summed E-state index contributed by atoms with van der Waals surface area (Å²) in [5.41, 5.74) is 11.2. The van der Waals surface area contributed by atoms with Gasteiger partial charge in [-0.05, 0) is 37.5 Å². The molecule has 1 aromatic carbocycles. The molecule has 0 saturated carbocycles. The lowest BCUT2D eigenvalue weighted by atomic mass is 10.0. The molecule has 38 heavy (non-hydrogen) atoms. The number of carboxylic acid groups (broad SMARTS) is 2. The van der Waals surface area contributed by atoms with E-state index in [1.807, 2.05) is 0 Å². The zero-order valence-corrected chi connectivity index (χ0v) is 20.6. The summed E-state index contributed by atoms with van der Waals surface area (Å²) in [6, 6.07) is -0.269. The maximum atomic E-state index is 12.9. The molecule has 1 aromatic rings. The largest absolute Gasteiger partial charge is 0.508 e. The fraction of sp³-hybridized carbons (Fsp3) is 0.478. The molecule has 0 radical (unpaired) electrons. The number of carboxylic acids is 2. The zero-order valence-electron chi connectivity index (χ0n) is 20.6. The predicted octanol–water partition coefficient (Wildman–Crippen LogP) is -2.69. The lowest BCUT2D eigenvalue weighted by Crippen LogP contribution is -2.58. The molecule has 1 rings (SSSR count). The molecule has 15 nitrogen and oxygen atoms in total. The Kier molecular flexibility index (Phi) is 12.6. The van der Waals surface area contributed by atoms with Crippen molar-refractivity contribution < 1.29 is 49.2 Å². The molecule has 0 spiro atoms. The first kappa shape index (κ1) is 31.8. The van der Waals surface area contributed by atoms with Crippen LogP contribution in [0.3, 0.4) is 0 Å². The molecule has 0 saturated heterocycles. The maximum Gasteiger partial charge on any atom is 0.326 e. The number of carbonyl (C=O) groups is 6. The highest BCUT2D eigenvalue weighted by atomic mass is 16.4. The van der Waals surface area contributed by atoms with Gasteiger partial charge in [0.25, 0.3) is 0 Å². The number of benzene rings is 1. The van der Waals surface area contributed by atoms with Crippen molar-refractivity contribution >= 4 is 35.6 Å². The molecular weight excluding hydrogens is 506 g/mol. The number of aliphatic carboxylic acids is 2.